The highest BCUT2D eigenvalue weighted by Crippen LogP contribution is 2.18. The van der Waals surface area contributed by atoms with Crippen LogP contribution in [0.2, 0.25) is 0 Å². The molecule has 0 aromatic carbocycles. The van der Waals surface area contributed by atoms with Gasteiger partial charge < -0.3 is 0 Å². The summed E-state index contributed by atoms with van der Waals surface area (Å²) in [5, 5.41) is 0. The molecule has 4 heteroatoms. The molecular formula is C8H8BrN3. The van der Waals surface area contributed by atoms with Crippen molar-refractivity contribution in [1.29, 1.82) is 0 Å². The number of aryl methyl sites for hydroxylation is 2. The Hall–Kier alpha value is -0.900. The van der Waals surface area contributed by atoms with Crippen LogP contribution in [0.4, 0.5) is 0 Å². The highest BCUT2D eigenvalue weighted by molar-refractivity contribution is 9.10. The molecule has 2 heterocycles. The first kappa shape index (κ1) is 7.73. The predicted octanol–water partition coefficient (Wildman–Crippen LogP) is 2.11. The molecule has 0 saturated carbocycles. The molecule has 0 N–H and O–H groups in total. The van der Waals surface area contributed by atoms with Crippen LogP contribution in [0, 0.1) is 13.8 Å². The quantitative estimate of drug-likeness (QED) is 0.688. The summed E-state index contributed by atoms with van der Waals surface area (Å²) in [7, 11) is 0. The van der Waals surface area contributed by atoms with E-state index in [1.54, 1.807) is 6.20 Å². The lowest BCUT2D eigenvalue weighted by Crippen LogP contribution is -1.89. The largest absolute Gasteiger partial charge is 0.291 e. The fourth-order valence-electron chi connectivity index (χ4n) is 1.19. The van der Waals surface area contributed by atoms with Gasteiger partial charge in [-0.1, -0.05) is 0 Å². The van der Waals surface area contributed by atoms with Crippen molar-refractivity contribution in [3.05, 3.63) is 28.4 Å². The van der Waals surface area contributed by atoms with E-state index in [2.05, 4.69) is 25.9 Å². The van der Waals surface area contributed by atoms with E-state index in [9.17, 15) is 0 Å². The van der Waals surface area contributed by atoms with Gasteiger partial charge in [-0.05, 0) is 29.8 Å². The van der Waals surface area contributed by atoms with Gasteiger partial charge in [-0.15, -0.1) is 0 Å². The van der Waals surface area contributed by atoms with Crippen molar-refractivity contribution in [3.63, 3.8) is 0 Å². The van der Waals surface area contributed by atoms with Gasteiger partial charge in [0.25, 0.3) is 0 Å². The van der Waals surface area contributed by atoms with E-state index in [1.807, 2.05) is 24.4 Å². The Bertz CT molecular complexity index is 433. The van der Waals surface area contributed by atoms with Crippen molar-refractivity contribution >= 4 is 21.6 Å². The Morgan fingerprint density at radius 2 is 2.08 bits per heavy atom. The highest BCUT2D eigenvalue weighted by atomic mass is 79.9. The molecule has 2 rings (SSSR count). The van der Waals surface area contributed by atoms with Gasteiger partial charge >= 0.3 is 0 Å². The normalized spacial score (nSPS) is 10.9. The molecule has 0 bridgehead atoms. The molecule has 0 aliphatic rings. The number of imidazole rings is 1. The van der Waals surface area contributed by atoms with Crippen molar-refractivity contribution in [1.82, 2.24) is 14.4 Å². The van der Waals surface area contributed by atoms with Gasteiger partial charge in [-0.3, -0.25) is 9.38 Å². The number of nitrogens with zero attached hydrogens (tertiary/aromatic N) is 3. The summed E-state index contributed by atoms with van der Waals surface area (Å²) >= 11 is 3.46. The summed E-state index contributed by atoms with van der Waals surface area (Å²) in [4.78, 5) is 8.52. The summed E-state index contributed by atoms with van der Waals surface area (Å²) in [5.74, 6) is 0. The molecule has 2 aromatic rings. The van der Waals surface area contributed by atoms with Crippen LogP contribution < -0.4 is 0 Å². The second-order valence-corrected chi connectivity index (χ2v) is 3.45. The molecule has 0 aliphatic heterocycles. The monoisotopic (exact) mass is 225 g/mol. The van der Waals surface area contributed by atoms with E-state index in [0.29, 0.717) is 0 Å². The number of fused-ring (bicyclic) bond motifs is 1. The molecular weight excluding hydrogens is 218 g/mol. The van der Waals surface area contributed by atoms with E-state index in [1.165, 1.54) is 0 Å². The van der Waals surface area contributed by atoms with E-state index in [0.717, 1.165) is 21.6 Å². The first-order valence-electron chi connectivity index (χ1n) is 3.66. The molecule has 62 valence electrons. The van der Waals surface area contributed by atoms with Crippen LogP contribution in [0.1, 0.15) is 11.4 Å². The summed E-state index contributed by atoms with van der Waals surface area (Å²) in [5.41, 5.74) is 2.86. The van der Waals surface area contributed by atoms with Gasteiger partial charge in [0.2, 0.25) is 0 Å². The Labute approximate surface area is 78.6 Å². The van der Waals surface area contributed by atoms with Crippen molar-refractivity contribution in [2.24, 2.45) is 0 Å². The molecule has 0 aliphatic carbocycles. The van der Waals surface area contributed by atoms with Crippen LogP contribution in [0.5, 0.6) is 0 Å². The topological polar surface area (TPSA) is 30.2 Å². The standard InChI is InChI=1S/C8H8BrN3/c1-5-7(9)12-4-3-10-6(2)8(12)11-5/h3-4H,1-2H3. The maximum atomic E-state index is 4.37. The average molecular weight is 226 g/mol. The maximum absolute atomic E-state index is 4.37. The zero-order chi connectivity index (χ0) is 8.72. The minimum absolute atomic E-state index is 0.918. The van der Waals surface area contributed by atoms with Gasteiger partial charge in [0, 0.05) is 12.4 Å². The van der Waals surface area contributed by atoms with Crippen LogP contribution in [0.15, 0.2) is 17.0 Å². The molecule has 0 radical (unpaired) electrons. The van der Waals surface area contributed by atoms with Gasteiger partial charge in [0.05, 0.1) is 11.4 Å². The molecule has 12 heavy (non-hydrogen) atoms. The zero-order valence-corrected chi connectivity index (χ0v) is 8.46. The third-order valence-electron chi connectivity index (χ3n) is 1.82. The fourth-order valence-corrected chi connectivity index (χ4v) is 1.56. The second kappa shape index (κ2) is 2.55. The van der Waals surface area contributed by atoms with Gasteiger partial charge in [-0.2, -0.15) is 0 Å². The predicted molar refractivity (Wildman–Crippen MR) is 50.2 cm³/mol. The van der Waals surface area contributed by atoms with E-state index in [4.69, 9.17) is 0 Å². The second-order valence-electron chi connectivity index (χ2n) is 2.69. The molecule has 0 spiro atoms. The smallest absolute Gasteiger partial charge is 0.159 e. The maximum Gasteiger partial charge on any atom is 0.159 e. The van der Waals surface area contributed by atoms with E-state index < -0.39 is 0 Å². The number of halogens is 1. The Kier molecular flexibility index (Phi) is 1.65. The molecule has 0 saturated heterocycles. The van der Waals surface area contributed by atoms with Crippen molar-refractivity contribution in [2.45, 2.75) is 13.8 Å². The van der Waals surface area contributed by atoms with E-state index in [-0.39, 0.29) is 0 Å². The number of rotatable bonds is 0. The summed E-state index contributed by atoms with van der Waals surface area (Å²) in [6.45, 7) is 3.92. The third kappa shape index (κ3) is 0.948. The Balaban J connectivity index is 2.95. The Morgan fingerprint density at radius 3 is 2.75 bits per heavy atom. The summed E-state index contributed by atoms with van der Waals surface area (Å²) in [6, 6.07) is 0. The van der Waals surface area contributed by atoms with Crippen LogP contribution in [0.25, 0.3) is 5.65 Å². The number of hydrogen-bond acceptors (Lipinski definition) is 2. The molecule has 0 amide bonds. The first-order valence-corrected chi connectivity index (χ1v) is 4.45. The van der Waals surface area contributed by atoms with Crippen molar-refractivity contribution in [3.8, 4) is 0 Å². The fraction of sp³-hybridized carbons (Fsp3) is 0.250. The van der Waals surface area contributed by atoms with Crippen LogP contribution >= 0.6 is 15.9 Å². The van der Waals surface area contributed by atoms with Gasteiger partial charge in [0.1, 0.15) is 4.60 Å². The molecule has 0 fully saturated rings. The minimum atomic E-state index is 0.918. The first-order chi connectivity index (χ1) is 5.70. The average Bonchev–Trinajstić information content (AvgIpc) is 2.32. The Morgan fingerprint density at radius 1 is 1.33 bits per heavy atom. The van der Waals surface area contributed by atoms with Crippen molar-refractivity contribution in [2.75, 3.05) is 0 Å². The van der Waals surface area contributed by atoms with Gasteiger partial charge in [0.15, 0.2) is 5.65 Å². The zero-order valence-electron chi connectivity index (χ0n) is 6.87. The van der Waals surface area contributed by atoms with Crippen LogP contribution in [0.3, 0.4) is 0 Å². The van der Waals surface area contributed by atoms with Crippen molar-refractivity contribution < 1.29 is 0 Å². The minimum Gasteiger partial charge on any atom is -0.291 e. The lowest BCUT2D eigenvalue weighted by atomic mass is 10.5. The summed E-state index contributed by atoms with van der Waals surface area (Å²) in [6.07, 6.45) is 3.67. The van der Waals surface area contributed by atoms with Crippen LogP contribution in [-0.4, -0.2) is 14.4 Å². The number of hydrogen-bond donors (Lipinski definition) is 0. The van der Waals surface area contributed by atoms with Gasteiger partial charge in [-0.25, -0.2) is 4.98 Å². The third-order valence-corrected chi connectivity index (χ3v) is 2.78. The summed E-state index contributed by atoms with van der Waals surface area (Å²) < 4.78 is 2.99. The lowest BCUT2D eigenvalue weighted by molar-refractivity contribution is 1.06. The molecule has 0 unspecified atom stereocenters. The van der Waals surface area contributed by atoms with E-state index >= 15 is 0 Å². The van der Waals surface area contributed by atoms with Crippen LogP contribution in [-0.2, 0) is 0 Å². The SMILES string of the molecule is Cc1nc2c(C)nccn2c1Br. The highest BCUT2D eigenvalue weighted by Gasteiger charge is 2.06. The molecule has 0 atom stereocenters. The lowest BCUT2D eigenvalue weighted by Gasteiger charge is -1.95. The molecule has 2 aromatic heterocycles. The molecule has 3 nitrogen and oxygen atoms in total. The number of aromatic nitrogens is 3.